The molecule has 2 heterocycles. The number of rotatable bonds is 6. The molecular formula is C57H35N3O. The average molecular weight is 778 g/mol. The monoisotopic (exact) mass is 777 g/mol. The Labute approximate surface area is 352 Å². The third-order valence-electron chi connectivity index (χ3n) is 11.9. The maximum absolute atomic E-state index is 6.46. The van der Waals surface area contributed by atoms with Crippen molar-refractivity contribution in [1.82, 2.24) is 15.0 Å². The predicted octanol–water partition coefficient (Wildman–Crippen LogP) is 15.2. The molecule has 0 fully saturated rings. The van der Waals surface area contributed by atoms with Crippen LogP contribution in [0.2, 0.25) is 0 Å². The van der Waals surface area contributed by atoms with Crippen LogP contribution >= 0.6 is 0 Å². The Morgan fingerprint density at radius 3 is 1.56 bits per heavy atom. The number of hydrogen-bond acceptors (Lipinski definition) is 4. The highest BCUT2D eigenvalue weighted by molar-refractivity contribution is 6.14. The molecule has 0 atom stereocenters. The maximum Gasteiger partial charge on any atom is 0.164 e. The molecule has 0 aliphatic carbocycles. The lowest BCUT2D eigenvalue weighted by Gasteiger charge is -2.11. The van der Waals surface area contributed by atoms with E-state index in [2.05, 4.69) is 176 Å². The molecule has 0 spiro atoms. The Morgan fingerprint density at radius 2 is 0.787 bits per heavy atom. The topological polar surface area (TPSA) is 51.8 Å². The molecule has 2 aromatic heterocycles. The van der Waals surface area contributed by atoms with Crippen molar-refractivity contribution in [3.05, 3.63) is 212 Å². The molecule has 0 aliphatic rings. The van der Waals surface area contributed by atoms with Crippen LogP contribution < -0.4 is 0 Å². The largest absolute Gasteiger partial charge is 0.456 e. The minimum absolute atomic E-state index is 0.627. The first kappa shape index (κ1) is 34.8. The van der Waals surface area contributed by atoms with Gasteiger partial charge in [0.1, 0.15) is 11.2 Å². The van der Waals surface area contributed by atoms with E-state index in [1.165, 1.54) is 27.3 Å². The van der Waals surface area contributed by atoms with Crippen LogP contribution in [0.3, 0.4) is 0 Å². The van der Waals surface area contributed by atoms with Gasteiger partial charge in [-0.1, -0.05) is 176 Å². The highest BCUT2D eigenvalue weighted by Gasteiger charge is 2.17. The molecule has 4 heteroatoms. The highest BCUT2D eigenvalue weighted by atomic mass is 16.3. The zero-order chi connectivity index (χ0) is 40.3. The van der Waals surface area contributed by atoms with E-state index >= 15 is 0 Å². The maximum atomic E-state index is 6.46. The molecule has 12 aromatic rings. The summed E-state index contributed by atoms with van der Waals surface area (Å²) in [4.78, 5) is 15.3. The van der Waals surface area contributed by atoms with Crippen molar-refractivity contribution in [2.45, 2.75) is 0 Å². The fourth-order valence-electron chi connectivity index (χ4n) is 8.79. The molecule has 0 radical (unpaired) electrons. The van der Waals surface area contributed by atoms with E-state index in [0.717, 1.165) is 77.0 Å². The lowest BCUT2D eigenvalue weighted by atomic mass is 9.95. The molecule has 0 bridgehead atoms. The molecule has 4 nitrogen and oxygen atoms in total. The molecule has 61 heavy (non-hydrogen) atoms. The van der Waals surface area contributed by atoms with Crippen molar-refractivity contribution in [3.63, 3.8) is 0 Å². The molecule has 0 amide bonds. The third-order valence-corrected chi connectivity index (χ3v) is 11.9. The van der Waals surface area contributed by atoms with Crippen LogP contribution in [0.1, 0.15) is 0 Å². The summed E-state index contributed by atoms with van der Waals surface area (Å²) in [5.74, 6) is 1.90. The Kier molecular flexibility index (Phi) is 8.13. The minimum atomic E-state index is 0.627. The Morgan fingerprint density at radius 1 is 0.262 bits per heavy atom. The standard InChI is InChI=1S/C57H35N3O/c1-3-10-36(11-4-1)37-18-20-38(21-19-37)42-29-31-52-51(35-42)54-50(16-9-17-53(54)61-52)44-25-22-39-23-27-45(34-47(39)33-44)56-58-55(41-13-5-2-6-14-41)59-57(60-56)46-28-30-49-43(32-46)26-24-40-12-7-8-15-48(40)49/h1-35H. The fraction of sp³-hybridized carbons (Fsp3) is 0. The highest BCUT2D eigenvalue weighted by Crippen LogP contribution is 2.40. The number of benzene rings is 10. The summed E-state index contributed by atoms with van der Waals surface area (Å²) < 4.78 is 6.46. The van der Waals surface area contributed by atoms with Gasteiger partial charge in [0, 0.05) is 27.5 Å². The van der Waals surface area contributed by atoms with Crippen LogP contribution in [0.15, 0.2) is 217 Å². The van der Waals surface area contributed by atoms with Gasteiger partial charge in [0.15, 0.2) is 17.5 Å². The van der Waals surface area contributed by atoms with Gasteiger partial charge < -0.3 is 4.42 Å². The molecule has 0 N–H and O–H groups in total. The summed E-state index contributed by atoms with van der Waals surface area (Å²) in [5, 5.41) is 9.24. The Bertz CT molecular complexity index is 3630. The van der Waals surface area contributed by atoms with E-state index < -0.39 is 0 Å². The quantitative estimate of drug-likeness (QED) is 0.158. The zero-order valence-corrected chi connectivity index (χ0v) is 33.0. The predicted molar refractivity (Wildman–Crippen MR) is 252 cm³/mol. The molecule has 10 aromatic carbocycles. The second-order valence-electron chi connectivity index (χ2n) is 15.6. The van der Waals surface area contributed by atoms with Gasteiger partial charge in [-0.25, -0.2) is 15.0 Å². The summed E-state index contributed by atoms with van der Waals surface area (Å²) in [6.07, 6.45) is 0. The summed E-state index contributed by atoms with van der Waals surface area (Å²) in [7, 11) is 0. The Hall–Kier alpha value is -8.21. The number of fused-ring (bicyclic) bond motifs is 7. The third kappa shape index (κ3) is 6.21. The van der Waals surface area contributed by atoms with E-state index in [4.69, 9.17) is 19.4 Å². The summed E-state index contributed by atoms with van der Waals surface area (Å²) in [5.41, 5.74) is 11.5. The van der Waals surface area contributed by atoms with Gasteiger partial charge in [0.05, 0.1) is 0 Å². The van der Waals surface area contributed by atoms with Crippen molar-refractivity contribution in [1.29, 1.82) is 0 Å². The van der Waals surface area contributed by atoms with Crippen LogP contribution in [0, 0.1) is 0 Å². The van der Waals surface area contributed by atoms with Crippen molar-refractivity contribution >= 4 is 54.3 Å². The van der Waals surface area contributed by atoms with Crippen molar-refractivity contribution in [2.75, 3.05) is 0 Å². The van der Waals surface area contributed by atoms with Crippen LogP contribution in [-0.2, 0) is 0 Å². The van der Waals surface area contributed by atoms with E-state index in [1.54, 1.807) is 0 Å². The van der Waals surface area contributed by atoms with E-state index in [1.807, 2.05) is 36.4 Å². The number of nitrogens with zero attached hydrogens (tertiary/aromatic N) is 3. The van der Waals surface area contributed by atoms with Crippen LogP contribution in [0.4, 0.5) is 0 Å². The second kappa shape index (κ2) is 14.3. The van der Waals surface area contributed by atoms with Crippen molar-refractivity contribution in [2.24, 2.45) is 0 Å². The molecule has 12 rings (SSSR count). The molecule has 0 saturated carbocycles. The normalized spacial score (nSPS) is 11.6. The zero-order valence-electron chi connectivity index (χ0n) is 33.0. The lowest BCUT2D eigenvalue weighted by molar-refractivity contribution is 0.669. The number of furan rings is 1. The summed E-state index contributed by atoms with van der Waals surface area (Å²) >= 11 is 0. The van der Waals surface area contributed by atoms with Gasteiger partial charge in [-0.3, -0.25) is 0 Å². The minimum Gasteiger partial charge on any atom is -0.456 e. The second-order valence-corrected chi connectivity index (χ2v) is 15.6. The first-order valence-corrected chi connectivity index (χ1v) is 20.6. The van der Waals surface area contributed by atoms with E-state index in [0.29, 0.717) is 17.5 Å². The van der Waals surface area contributed by atoms with Crippen LogP contribution in [0.5, 0.6) is 0 Å². The van der Waals surface area contributed by atoms with E-state index in [9.17, 15) is 0 Å². The summed E-state index contributed by atoms with van der Waals surface area (Å²) in [6, 6.07) is 74.8. The molecular weight excluding hydrogens is 743 g/mol. The molecule has 0 aliphatic heterocycles. The molecule has 0 saturated heterocycles. The van der Waals surface area contributed by atoms with Crippen molar-refractivity contribution < 1.29 is 4.42 Å². The smallest absolute Gasteiger partial charge is 0.164 e. The van der Waals surface area contributed by atoms with Crippen LogP contribution in [-0.4, -0.2) is 15.0 Å². The molecule has 284 valence electrons. The summed E-state index contributed by atoms with van der Waals surface area (Å²) in [6.45, 7) is 0. The van der Waals surface area contributed by atoms with E-state index in [-0.39, 0.29) is 0 Å². The number of aromatic nitrogens is 3. The van der Waals surface area contributed by atoms with Gasteiger partial charge >= 0.3 is 0 Å². The SMILES string of the molecule is c1ccc(-c2ccc(-c3ccc4oc5cccc(-c6ccc7ccc(-c8nc(-c9ccccc9)nc(-c9ccc%10c(ccc%11ccccc%11%10)c9)n8)cc7c6)c5c4c3)cc2)cc1. The van der Waals surface area contributed by atoms with Gasteiger partial charge in [-0.05, 0) is 102 Å². The van der Waals surface area contributed by atoms with Gasteiger partial charge in [0.25, 0.3) is 0 Å². The average Bonchev–Trinajstić information content (AvgIpc) is 3.72. The number of hydrogen-bond donors (Lipinski definition) is 0. The van der Waals surface area contributed by atoms with Gasteiger partial charge in [-0.15, -0.1) is 0 Å². The first-order valence-electron chi connectivity index (χ1n) is 20.6. The first-order chi connectivity index (χ1) is 30.2. The lowest BCUT2D eigenvalue weighted by Crippen LogP contribution is -2.00. The Balaban J connectivity index is 0.950. The van der Waals surface area contributed by atoms with Crippen LogP contribution in [0.25, 0.3) is 122 Å². The van der Waals surface area contributed by atoms with Crippen molar-refractivity contribution in [3.8, 4) is 67.5 Å². The molecule has 0 unspecified atom stereocenters. The van der Waals surface area contributed by atoms with Gasteiger partial charge in [0.2, 0.25) is 0 Å². The fourth-order valence-corrected chi connectivity index (χ4v) is 8.79. The van der Waals surface area contributed by atoms with Gasteiger partial charge in [-0.2, -0.15) is 0 Å².